The van der Waals surface area contributed by atoms with E-state index in [4.69, 9.17) is 10.00 Å². The number of ether oxygens (including phenoxy) is 1. The molecule has 1 N–H and O–H groups in total. The van der Waals surface area contributed by atoms with Crippen molar-refractivity contribution in [2.45, 2.75) is 32.5 Å². The quantitative estimate of drug-likeness (QED) is 0.898. The van der Waals surface area contributed by atoms with E-state index in [1.54, 1.807) is 13.2 Å². The van der Waals surface area contributed by atoms with Crippen molar-refractivity contribution in [3.8, 4) is 11.8 Å². The summed E-state index contributed by atoms with van der Waals surface area (Å²) in [6, 6.07) is 8.78. The Hall–Kier alpha value is -1.57. The molecule has 1 saturated heterocycles. The fraction of sp³-hybridized carbons (Fsp3) is 0.533. The van der Waals surface area contributed by atoms with E-state index in [2.05, 4.69) is 30.1 Å². The van der Waals surface area contributed by atoms with Crippen LogP contribution in [0, 0.1) is 11.3 Å². The first-order valence-electron chi connectivity index (χ1n) is 6.67. The molecule has 4 nitrogen and oxygen atoms in total. The molecule has 0 aromatic heterocycles. The lowest BCUT2D eigenvalue weighted by Gasteiger charge is -2.36. The molecule has 4 heteroatoms. The molecule has 2 rings (SSSR count). The average molecular weight is 259 g/mol. The van der Waals surface area contributed by atoms with Gasteiger partial charge in [-0.25, -0.2) is 0 Å². The third-order valence-corrected chi connectivity index (χ3v) is 3.44. The molecule has 0 radical (unpaired) electrons. The molecule has 1 aliphatic rings. The van der Waals surface area contributed by atoms with Crippen molar-refractivity contribution in [2.24, 2.45) is 0 Å². The van der Waals surface area contributed by atoms with Crippen LogP contribution in [0.4, 0.5) is 0 Å². The van der Waals surface area contributed by atoms with Crippen molar-refractivity contribution in [1.29, 1.82) is 5.26 Å². The van der Waals surface area contributed by atoms with Gasteiger partial charge in [0.1, 0.15) is 5.75 Å². The topological polar surface area (TPSA) is 48.3 Å². The van der Waals surface area contributed by atoms with Gasteiger partial charge in [-0.15, -0.1) is 0 Å². The highest BCUT2D eigenvalue weighted by Crippen LogP contribution is 2.22. The van der Waals surface area contributed by atoms with Gasteiger partial charge in [-0.1, -0.05) is 0 Å². The molecule has 0 aliphatic carbocycles. The summed E-state index contributed by atoms with van der Waals surface area (Å²) >= 11 is 0. The van der Waals surface area contributed by atoms with Crippen molar-refractivity contribution < 1.29 is 4.74 Å². The second-order valence-corrected chi connectivity index (χ2v) is 5.30. The predicted molar refractivity (Wildman–Crippen MR) is 75.0 cm³/mol. The summed E-state index contributed by atoms with van der Waals surface area (Å²) in [7, 11) is 1.67. The largest absolute Gasteiger partial charge is 0.496 e. The molecule has 0 spiro atoms. The van der Waals surface area contributed by atoms with Crippen LogP contribution < -0.4 is 10.1 Å². The highest BCUT2D eigenvalue weighted by Gasteiger charge is 2.21. The minimum absolute atomic E-state index is 0.494. The summed E-state index contributed by atoms with van der Waals surface area (Å²) in [6.45, 7) is 7.26. The van der Waals surface area contributed by atoms with E-state index in [0.29, 0.717) is 17.6 Å². The Morgan fingerprint density at radius 3 is 2.63 bits per heavy atom. The van der Waals surface area contributed by atoms with Crippen molar-refractivity contribution >= 4 is 0 Å². The molecule has 1 fully saturated rings. The van der Waals surface area contributed by atoms with E-state index >= 15 is 0 Å². The summed E-state index contributed by atoms with van der Waals surface area (Å²) in [5.41, 5.74) is 1.77. The van der Waals surface area contributed by atoms with Crippen LogP contribution in [0.15, 0.2) is 18.2 Å². The van der Waals surface area contributed by atoms with Gasteiger partial charge >= 0.3 is 0 Å². The number of nitrogens with one attached hydrogen (secondary N) is 1. The highest BCUT2D eigenvalue weighted by atomic mass is 16.5. The van der Waals surface area contributed by atoms with Crippen LogP contribution in [0.1, 0.15) is 25.0 Å². The Kier molecular flexibility index (Phi) is 4.41. The minimum Gasteiger partial charge on any atom is -0.496 e. The van der Waals surface area contributed by atoms with Crippen LogP contribution >= 0.6 is 0 Å². The zero-order valence-electron chi connectivity index (χ0n) is 11.8. The summed E-state index contributed by atoms with van der Waals surface area (Å²) in [4.78, 5) is 2.41. The SMILES string of the molecule is COc1ccc(C#N)cc1CN1CC(C)NC(C)C1. The molecule has 19 heavy (non-hydrogen) atoms. The van der Waals surface area contributed by atoms with E-state index in [1.807, 2.05) is 12.1 Å². The van der Waals surface area contributed by atoms with Gasteiger partial charge in [0.25, 0.3) is 0 Å². The van der Waals surface area contributed by atoms with E-state index < -0.39 is 0 Å². The van der Waals surface area contributed by atoms with E-state index in [1.165, 1.54) is 0 Å². The number of nitriles is 1. The maximum atomic E-state index is 9.00. The lowest BCUT2D eigenvalue weighted by molar-refractivity contribution is 0.165. The summed E-state index contributed by atoms with van der Waals surface area (Å²) in [5, 5.41) is 12.5. The zero-order valence-corrected chi connectivity index (χ0v) is 11.8. The van der Waals surface area contributed by atoms with Gasteiger partial charge < -0.3 is 10.1 Å². The summed E-state index contributed by atoms with van der Waals surface area (Å²) in [5.74, 6) is 0.859. The van der Waals surface area contributed by atoms with Gasteiger partial charge in [-0.2, -0.15) is 5.26 Å². The van der Waals surface area contributed by atoms with Gasteiger partial charge in [0, 0.05) is 37.3 Å². The zero-order chi connectivity index (χ0) is 13.8. The fourth-order valence-electron chi connectivity index (χ4n) is 2.78. The van der Waals surface area contributed by atoms with Gasteiger partial charge in [0.2, 0.25) is 0 Å². The number of rotatable bonds is 3. The first-order valence-corrected chi connectivity index (χ1v) is 6.67. The molecule has 1 aromatic carbocycles. The van der Waals surface area contributed by atoms with Crippen molar-refractivity contribution in [3.63, 3.8) is 0 Å². The van der Waals surface area contributed by atoms with Gasteiger partial charge in [0.15, 0.2) is 0 Å². The van der Waals surface area contributed by atoms with E-state index in [-0.39, 0.29) is 0 Å². The molecule has 102 valence electrons. The maximum absolute atomic E-state index is 9.00. The first-order chi connectivity index (χ1) is 9.12. The van der Waals surface area contributed by atoms with E-state index in [9.17, 15) is 0 Å². The van der Waals surface area contributed by atoms with Crippen LogP contribution in [-0.4, -0.2) is 37.2 Å². The third kappa shape index (κ3) is 3.46. The Morgan fingerprint density at radius 2 is 2.05 bits per heavy atom. The normalized spacial score (nSPS) is 23.9. The molecule has 0 saturated carbocycles. The molecular weight excluding hydrogens is 238 g/mol. The first kappa shape index (κ1) is 13.9. The maximum Gasteiger partial charge on any atom is 0.123 e. The number of piperazine rings is 1. The molecule has 1 aliphatic heterocycles. The summed E-state index contributed by atoms with van der Waals surface area (Å²) in [6.07, 6.45) is 0. The molecule has 0 bridgehead atoms. The molecule has 0 amide bonds. The molecule has 2 atom stereocenters. The van der Waals surface area contributed by atoms with Gasteiger partial charge in [-0.05, 0) is 32.0 Å². The van der Waals surface area contributed by atoms with Crippen LogP contribution in [0.25, 0.3) is 0 Å². The van der Waals surface area contributed by atoms with E-state index in [0.717, 1.165) is 30.9 Å². The Bertz CT molecular complexity index is 471. The molecule has 1 heterocycles. The fourth-order valence-corrected chi connectivity index (χ4v) is 2.78. The number of hydrogen-bond donors (Lipinski definition) is 1. The molecular formula is C15H21N3O. The predicted octanol–water partition coefficient (Wildman–Crippen LogP) is 1.75. The van der Waals surface area contributed by atoms with Crippen LogP contribution in [-0.2, 0) is 6.54 Å². The Morgan fingerprint density at radius 1 is 1.37 bits per heavy atom. The van der Waals surface area contributed by atoms with Crippen molar-refractivity contribution in [1.82, 2.24) is 10.2 Å². The van der Waals surface area contributed by atoms with Gasteiger partial charge in [0.05, 0.1) is 18.7 Å². The number of methoxy groups -OCH3 is 1. The lowest BCUT2D eigenvalue weighted by Crippen LogP contribution is -2.53. The number of hydrogen-bond acceptors (Lipinski definition) is 4. The van der Waals surface area contributed by atoms with Crippen molar-refractivity contribution in [2.75, 3.05) is 20.2 Å². The second kappa shape index (κ2) is 6.05. The minimum atomic E-state index is 0.494. The average Bonchev–Trinajstić information content (AvgIpc) is 2.37. The standard InChI is InChI=1S/C15H21N3O/c1-11-8-18(9-12(2)17-11)10-14-6-13(7-16)4-5-15(14)19-3/h4-6,11-12,17H,8-10H2,1-3H3. The smallest absolute Gasteiger partial charge is 0.123 e. The number of nitrogens with zero attached hydrogens (tertiary/aromatic N) is 2. The lowest BCUT2D eigenvalue weighted by atomic mass is 10.1. The van der Waals surface area contributed by atoms with Crippen LogP contribution in [0.2, 0.25) is 0 Å². The second-order valence-electron chi connectivity index (χ2n) is 5.30. The Balaban J connectivity index is 2.15. The molecule has 1 aromatic rings. The third-order valence-electron chi connectivity index (χ3n) is 3.44. The van der Waals surface area contributed by atoms with Crippen LogP contribution in [0.5, 0.6) is 5.75 Å². The van der Waals surface area contributed by atoms with Gasteiger partial charge in [-0.3, -0.25) is 4.90 Å². The molecule has 2 unspecified atom stereocenters. The summed E-state index contributed by atoms with van der Waals surface area (Å²) < 4.78 is 5.39. The van der Waals surface area contributed by atoms with Crippen LogP contribution in [0.3, 0.4) is 0 Å². The number of benzene rings is 1. The highest BCUT2D eigenvalue weighted by molar-refractivity contribution is 5.42. The Labute approximate surface area is 115 Å². The monoisotopic (exact) mass is 259 g/mol. The van der Waals surface area contributed by atoms with Crippen molar-refractivity contribution in [3.05, 3.63) is 29.3 Å².